The minimum Gasteiger partial charge on any atom is -0.342 e. The Morgan fingerprint density at radius 2 is 1.93 bits per heavy atom. The first-order valence-corrected chi connectivity index (χ1v) is 12.3. The molecular formula is C21H30N4O3S. The van der Waals surface area contributed by atoms with Gasteiger partial charge in [-0.25, -0.2) is 17.7 Å². The lowest BCUT2D eigenvalue weighted by molar-refractivity contribution is -0.137. The van der Waals surface area contributed by atoms with E-state index in [-0.39, 0.29) is 17.6 Å². The number of likely N-dealkylation sites (tertiary alicyclic amines) is 1. The summed E-state index contributed by atoms with van der Waals surface area (Å²) in [5, 5.41) is 0. The summed E-state index contributed by atoms with van der Waals surface area (Å²) in [5.41, 5.74) is 2.04. The summed E-state index contributed by atoms with van der Waals surface area (Å²) in [6, 6.07) is 8.03. The number of hydrogen-bond acceptors (Lipinski definition) is 4. The van der Waals surface area contributed by atoms with Crippen molar-refractivity contribution in [1.29, 1.82) is 0 Å². The van der Waals surface area contributed by atoms with Crippen molar-refractivity contribution in [2.24, 2.45) is 5.92 Å². The number of nitrogens with zero attached hydrogens (tertiary/aromatic N) is 3. The third kappa shape index (κ3) is 4.33. The van der Waals surface area contributed by atoms with Gasteiger partial charge in [0.15, 0.2) is 0 Å². The molecule has 1 N–H and O–H groups in total. The number of para-hydroxylation sites is 2. The fourth-order valence-electron chi connectivity index (χ4n) is 4.58. The van der Waals surface area contributed by atoms with Gasteiger partial charge in [0, 0.05) is 32.1 Å². The van der Waals surface area contributed by atoms with Crippen LogP contribution in [-0.2, 0) is 14.8 Å². The normalized spacial score (nSPS) is 22.2. The van der Waals surface area contributed by atoms with E-state index in [0.29, 0.717) is 38.5 Å². The molecule has 0 unspecified atom stereocenters. The second-order valence-corrected chi connectivity index (χ2v) is 10.3. The second-order valence-electron chi connectivity index (χ2n) is 8.25. The Bertz CT molecular complexity index is 930. The highest BCUT2D eigenvalue weighted by molar-refractivity contribution is 7.89. The van der Waals surface area contributed by atoms with E-state index in [1.807, 2.05) is 36.1 Å². The maximum Gasteiger partial charge on any atom is 0.227 e. The number of hydrogen-bond donors (Lipinski definition) is 1. The number of H-pyrrole nitrogens is 1. The van der Waals surface area contributed by atoms with Crippen LogP contribution in [0.4, 0.5) is 0 Å². The van der Waals surface area contributed by atoms with Crippen molar-refractivity contribution in [2.45, 2.75) is 44.9 Å². The fourth-order valence-corrected chi connectivity index (χ4v) is 6.17. The molecule has 0 aliphatic carbocycles. The van der Waals surface area contributed by atoms with Gasteiger partial charge in [-0.1, -0.05) is 19.1 Å². The van der Waals surface area contributed by atoms with Crippen molar-refractivity contribution < 1.29 is 13.2 Å². The van der Waals surface area contributed by atoms with Gasteiger partial charge in [0.05, 0.1) is 22.7 Å². The van der Waals surface area contributed by atoms with Crippen LogP contribution in [-0.4, -0.2) is 65.4 Å². The molecule has 0 bridgehead atoms. The average molecular weight is 419 g/mol. The number of aromatic amines is 1. The second kappa shape index (κ2) is 8.44. The Morgan fingerprint density at radius 1 is 1.17 bits per heavy atom. The van der Waals surface area contributed by atoms with Gasteiger partial charge in [0.1, 0.15) is 5.82 Å². The van der Waals surface area contributed by atoms with E-state index in [1.165, 1.54) is 4.31 Å². The lowest BCUT2D eigenvalue weighted by atomic mass is 9.93. The maximum atomic E-state index is 13.0. The van der Waals surface area contributed by atoms with Crippen LogP contribution in [0.1, 0.15) is 50.8 Å². The van der Waals surface area contributed by atoms with Gasteiger partial charge in [-0.3, -0.25) is 4.79 Å². The maximum absolute atomic E-state index is 13.0. The van der Waals surface area contributed by atoms with Gasteiger partial charge in [-0.15, -0.1) is 0 Å². The van der Waals surface area contributed by atoms with Crippen molar-refractivity contribution in [3.63, 3.8) is 0 Å². The average Bonchev–Trinajstić information content (AvgIpc) is 3.18. The molecule has 1 aromatic carbocycles. The van der Waals surface area contributed by atoms with E-state index in [4.69, 9.17) is 4.98 Å². The van der Waals surface area contributed by atoms with Crippen molar-refractivity contribution >= 4 is 27.0 Å². The number of benzene rings is 1. The number of carbonyl (C=O) groups excluding carboxylic acids is 1. The first-order valence-electron chi connectivity index (χ1n) is 10.7. The van der Waals surface area contributed by atoms with Crippen molar-refractivity contribution in [3.05, 3.63) is 30.1 Å². The van der Waals surface area contributed by atoms with Crippen molar-refractivity contribution in [2.75, 3.05) is 31.9 Å². The van der Waals surface area contributed by atoms with Crippen LogP contribution in [0.2, 0.25) is 0 Å². The standard InChI is InChI=1S/C21H30N4O3S/c1-2-14-29(27,28)25-11-5-6-17(15-25)21(26)24-12-9-16(10-13-24)20-22-18-7-3-4-8-19(18)23-20/h3-4,7-8,16-17H,2,5-6,9-15H2,1H3,(H,22,23)/t17-/m0/s1. The molecule has 0 saturated carbocycles. The Hall–Kier alpha value is -1.93. The summed E-state index contributed by atoms with van der Waals surface area (Å²) in [6.45, 7) is 4.17. The number of amides is 1. The molecule has 1 atom stereocenters. The molecule has 2 aromatic rings. The van der Waals surface area contributed by atoms with E-state index in [0.717, 1.165) is 42.5 Å². The molecular weight excluding hydrogens is 388 g/mol. The Balaban J connectivity index is 1.36. The number of rotatable bonds is 5. The van der Waals surface area contributed by atoms with E-state index in [1.54, 1.807) is 0 Å². The molecule has 158 valence electrons. The minimum atomic E-state index is -3.24. The van der Waals surface area contributed by atoms with Gasteiger partial charge in [-0.05, 0) is 44.2 Å². The molecule has 2 aliphatic heterocycles. The van der Waals surface area contributed by atoms with Gasteiger partial charge in [-0.2, -0.15) is 0 Å². The van der Waals surface area contributed by atoms with Crippen LogP contribution in [0.15, 0.2) is 24.3 Å². The highest BCUT2D eigenvalue weighted by Crippen LogP contribution is 2.30. The number of sulfonamides is 1. The molecule has 29 heavy (non-hydrogen) atoms. The molecule has 7 nitrogen and oxygen atoms in total. The topological polar surface area (TPSA) is 86.4 Å². The largest absolute Gasteiger partial charge is 0.342 e. The summed E-state index contributed by atoms with van der Waals surface area (Å²) in [6.07, 6.45) is 3.91. The molecule has 2 saturated heterocycles. The van der Waals surface area contributed by atoms with Crippen molar-refractivity contribution in [3.8, 4) is 0 Å². The molecule has 0 radical (unpaired) electrons. The third-order valence-electron chi connectivity index (χ3n) is 6.19. The summed E-state index contributed by atoms with van der Waals surface area (Å²) in [7, 11) is -3.24. The van der Waals surface area contributed by atoms with E-state index in [2.05, 4.69) is 4.98 Å². The SMILES string of the molecule is CCCS(=O)(=O)N1CCC[C@H](C(=O)N2CCC(c3nc4ccccc4[nH]3)CC2)C1. The summed E-state index contributed by atoms with van der Waals surface area (Å²) >= 11 is 0. The molecule has 0 spiro atoms. The number of piperidine rings is 2. The molecule has 3 heterocycles. The summed E-state index contributed by atoms with van der Waals surface area (Å²) in [4.78, 5) is 23.1. The number of aromatic nitrogens is 2. The molecule has 1 aromatic heterocycles. The first kappa shape index (κ1) is 20.3. The van der Waals surface area contributed by atoms with Gasteiger partial charge >= 0.3 is 0 Å². The number of fused-ring (bicyclic) bond motifs is 1. The lowest BCUT2D eigenvalue weighted by Crippen LogP contribution is -2.48. The minimum absolute atomic E-state index is 0.115. The highest BCUT2D eigenvalue weighted by Gasteiger charge is 2.35. The fraction of sp³-hybridized carbons (Fsp3) is 0.619. The van der Waals surface area contributed by atoms with Crippen LogP contribution < -0.4 is 0 Å². The first-order chi connectivity index (χ1) is 14.0. The zero-order valence-corrected chi connectivity index (χ0v) is 17.8. The molecule has 8 heteroatoms. The predicted octanol–water partition coefficient (Wildman–Crippen LogP) is 2.72. The zero-order valence-electron chi connectivity index (χ0n) is 17.0. The van der Waals surface area contributed by atoms with Crippen LogP contribution in [0, 0.1) is 5.92 Å². The molecule has 2 fully saturated rings. The van der Waals surface area contributed by atoms with Crippen LogP contribution >= 0.6 is 0 Å². The van der Waals surface area contributed by atoms with Crippen LogP contribution in [0.5, 0.6) is 0 Å². The number of carbonyl (C=O) groups is 1. The summed E-state index contributed by atoms with van der Waals surface area (Å²) in [5.74, 6) is 1.41. The van der Waals surface area contributed by atoms with Gasteiger partial charge in [0.25, 0.3) is 0 Å². The van der Waals surface area contributed by atoms with E-state index in [9.17, 15) is 13.2 Å². The summed E-state index contributed by atoms with van der Waals surface area (Å²) < 4.78 is 26.3. The quantitative estimate of drug-likeness (QED) is 0.809. The zero-order chi connectivity index (χ0) is 20.4. The number of imidazole rings is 1. The highest BCUT2D eigenvalue weighted by atomic mass is 32.2. The van der Waals surface area contributed by atoms with Gasteiger partial charge in [0.2, 0.25) is 15.9 Å². The Labute approximate surface area is 172 Å². The molecule has 4 rings (SSSR count). The monoisotopic (exact) mass is 418 g/mol. The molecule has 2 aliphatic rings. The van der Waals surface area contributed by atoms with Gasteiger partial charge < -0.3 is 9.88 Å². The van der Waals surface area contributed by atoms with Crippen LogP contribution in [0.3, 0.4) is 0 Å². The smallest absolute Gasteiger partial charge is 0.227 e. The van der Waals surface area contributed by atoms with E-state index >= 15 is 0 Å². The van der Waals surface area contributed by atoms with Crippen LogP contribution in [0.25, 0.3) is 11.0 Å². The Kier molecular flexibility index (Phi) is 5.92. The predicted molar refractivity (Wildman–Crippen MR) is 113 cm³/mol. The van der Waals surface area contributed by atoms with Crippen molar-refractivity contribution in [1.82, 2.24) is 19.2 Å². The Morgan fingerprint density at radius 3 is 2.66 bits per heavy atom. The lowest BCUT2D eigenvalue weighted by Gasteiger charge is -2.37. The van der Waals surface area contributed by atoms with E-state index < -0.39 is 10.0 Å². The number of nitrogens with one attached hydrogen (secondary N) is 1. The molecule has 1 amide bonds. The third-order valence-corrected chi connectivity index (χ3v) is 8.23.